The number of anilines is 1. The fraction of sp³-hybridized carbons (Fsp3) is 0.462. The van der Waals surface area contributed by atoms with Crippen LogP contribution in [0.25, 0.3) is 0 Å². The molecule has 1 aromatic rings. The van der Waals surface area contributed by atoms with E-state index in [1.807, 2.05) is 0 Å². The van der Waals surface area contributed by atoms with Crippen molar-refractivity contribution < 1.29 is 18.0 Å². The Balaban J connectivity index is 2.07. The second-order valence-electron chi connectivity index (χ2n) is 4.80. The SMILES string of the molecule is Cc1ccc(C(F)(F)F)cc1NC(=O)CC1CNC1. The maximum atomic E-state index is 12.6. The summed E-state index contributed by atoms with van der Waals surface area (Å²) in [5.74, 6) is 0.0417. The second-order valence-corrected chi connectivity index (χ2v) is 4.80. The Morgan fingerprint density at radius 3 is 2.63 bits per heavy atom. The summed E-state index contributed by atoms with van der Waals surface area (Å²) >= 11 is 0. The first kappa shape index (κ1) is 13.9. The van der Waals surface area contributed by atoms with Gasteiger partial charge in [0.25, 0.3) is 0 Å². The molecule has 0 atom stereocenters. The first-order chi connectivity index (χ1) is 8.86. The minimum absolute atomic E-state index is 0.229. The molecule has 1 saturated heterocycles. The third-order valence-electron chi connectivity index (χ3n) is 3.18. The van der Waals surface area contributed by atoms with E-state index in [1.165, 1.54) is 6.07 Å². The van der Waals surface area contributed by atoms with Crippen molar-refractivity contribution in [1.82, 2.24) is 5.32 Å². The maximum absolute atomic E-state index is 12.6. The van der Waals surface area contributed by atoms with E-state index in [1.54, 1.807) is 6.92 Å². The molecule has 0 aliphatic carbocycles. The first-order valence-corrected chi connectivity index (χ1v) is 6.04. The summed E-state index contributed by atoms with van der Waals surface area (Å²) in [6.07, 6.45) is -4.06. The summed E-state index contributed by atoms with van der Waals surface area (Å²) in [5.41, 5.74) is 0.0962. The van der Waals surface area contributed by atoms with Gasteiger partial charge in [0.1, 0.15) is 0 Å². The van der Waals surface area contributed by atoms with Crippen molar-refractivity contribution in [2.45, 2.75) is 19.5 Å². The number of carbonyl (C=O) groups excluding carboxylic acids is 1. The highest BCUT2D eigenvalue weighted by atomic mass is 19.4. The highest BCUT2D eigenvalue weighted by Crippen LogP contribution is 2.32. The molecule has 6 heteroatoms. The van der Waals surface area contributed by atoms with Crippen LogP contribution in [0.5, 0.6) is 0 Å². The van der Waals surface area contributed by atoms with Crippen LogP contribution in [0.3, 0.4) is 0 Å². The van der Waals surface area contributed by atoms with Crippen LogP contribution in [0.2, 0.25) is 0 Å². The maximum Gasteiger partial charge on any atom is 0.416 e. The van der Waals surface area contributed by atoms with Gasteiger partial charge in [-0.25, -0.2) is 0 Å². The number of carbonyl (C=O) groups is 1. The van der Waals surface area contributed by atoms with Crippen LogP contribution >= 0.6 is 0 Å². The van der Waals surface area contributed by atoms with Gasteiger partial charge in [-0.1, -0.05) is 6.07 Å². The monoisotopic (exact) mass is 272 g/mol. The van der Waals surface area contributed by atoms with E-state index >= 15 is 0 Å². The number of amides is 1. The molecular formula is C13H15F3N2O. The highest BCUT2D eigenvalue weighted by molar-refractivity contribution is 5.91. The number of halogens is 3. The third kappa shape index (κ3) is 3.47. The van der Waals surface area contributed by atoms with Crippen molar-refractivity contribution in [1.29, 1.82) is 0 Å². The highest BCUT2D eigenvalue weighted by Gasteiger charge is 2.31. The van der Waals surface area contributed by atoms with Crippen molar-refractivity contribution in [3.63, 3.8) is 0 Å². The molecule has 1 aromatic carbocycles. The molecule has 0 saturated carbocycles. The predicted molar refractivity (Wildman–Crippen MR) is 65.8 cm³/mol. The minimum atomic E-state index is -4.40. The number of alkyl halides is 3. The van der Waals surface area contributed by atoms with Crippen molar-refractivity contribution in [2.24, 2.45) is 5.92 Å². The van der Waals surface area contributed by atoms with Gasteiger partial charge in [-0.2, -0.15) is 13.2 Å². The number of hydrogen-bond acceptors (Lipinski definition) is 2. The summed E-state index contributed by atoms with van der Waals surface area (Å²) in [4.78, 5) is 11.7. The van der Waals surface area contributed by atoms with Gasteiger partial charge < -0.3 is 10.6 Å². The topological polar surface area (TPSA) is 41.1 Å². The molecule has 1 fully saturated rings. The van der Waals surface area contributed by atoms with E-state index < -0.39 is 11.7 Å². The van der Waals surface area contributed by atoms with Crippen molar-refractivity contribution in [3.8, 4) is 0 Å². The predicted octanol–water partition coefficient (Wildman–Crippen LogP) is 2.56. The van der Waals surface area contributed by atoms with Crippen molar-refractivity contribution in [2.75, 3.05) is 18.4 Å². The summed E-state index contributed by atoms with van der Waals surface area (Å²) in [5, 5.41) is 5.60. The standard InChI is InChI=1S/C13H15F3N2O/c1-8-2-3-10(13(14,15)16)5-11(8)18-12(19)4-9-6-17-7-9/h2-3,5,9,17H,4,6-7H2,1H3,(H,18,19). The van der Waals surface area contributed by atoms with Crippen LogP contribution in [-0.2, 0) is 11.0 Å². The van der Waals surface area contributed by atoms with Gasteiger partial charge in [0.15, 0.2) is 0 Å². The minimum Gasteiger partial charge on any atom is -0.326 e. The average molecular weight is 272 g/mol. The quantitative estimate of drug-likeness (QED) is 0.888. The van der Waals surface area contributed by atoms with E-state index in [0.29, 0.717) is 12.0 Å². The second kappa shape index (κ2) is 5.21. The molecule has 3 nitrogen and oxygen atoms in total. The van der Waals surface area contributed by atoms with Gasteiger partial charge in [-0.3, -0.25) is 4.79 Å². The average Bonchev–Trinajstić information content (AvgIpc) is 2.25. The Morgan fingerprint density at radius 2 is 2.11 bits per heavy atom. The van der Waals surface area contributed by atoms with Gasteiger partial charge >= 0.3 is 6.18 Å². The van der Waals surface area contributed by atoms with E-state index in [0.717, 1.165) is 25.2 Å². The largest absolute Gasteiger partial charge is 0.416 e. The van der Waals surface area contributed by atoms with Crippen LogP contribution in [0.15, 0.2) is 18.2 Å². The fourth-order valence-corrected chi connectivity index (χ4v) is 1.89. The zero-order valence-corrected chi connectivity index (χ0v) is 10.5. The summed E-state index contributed by atoms with van der Waals surface area (Å²) in [6, 6.07) is 3.36. The van der Waals surface area contributed by atoms with E-state index in [-0.39, 0.29) is 17.5 Å². The van der Waals surface area contributed by atoms with Crippen LogP contribution in [-0.4, -0.2) is 19.0 Å². The Hall–Kier alpha value is -1.56. The van der Waals surface area contributed by atoms with Gasteiger partial charge in [0.2, 0.25) is 5.91 Å². The number of nitrogens with one attached hydrogen (secondary N) is 2. The number of rotatable bonds is 3. The Kier molecular flexibility index (Phi) is 3.80. The molecule has 19 heavy (non-hydrogen) atoms. The van der Waals surface area contributed by atoms with Crippen molar-refractivity contribution >= 4 is 11.6 Å². The number of hydrogen-bond donors (Lipinski definition) is 2. The molecule has 1 aliphatic heterocycles. The fourth-order valence-electron chi connectivity index (χ4n) is 1.89. The third-order valence-corrected chi connectivity index (χ3v) is 3.18. The molecule has 0 unspecified atom stereocenters. The van der Waals surface area contributed by atoms with E-state index in [2.05, 4.69) is 10.6 Å². The first-order valence-electron chi connectivity index (χ1n) is 6.04. The molecule has 0 bridgehead atoms. The molecule has 0 aromatic heterocycles. The van der Waals surface area contributed by atoms with Crippen LogP contribution < -0.4 is 10.6 Å². The lowest BCUT2D eigenvalue weighted by Gasteiger charge is -2.26. The number of aryl methyl sites for hydroxylation is 1. The van der Waals surface area contributed by atoms with E-state index in [9.17, 15) is 18.0 Å². The van der Waals surface area contributed by atoms with Gasteiger partial charge in [-0.05, 0) is 43.6 Å². The smallest absolute Gasteiger partial charge is 0.326 e. The van der Waals surface area contributed by atoms with Crippen molar-refractivity contribution in [3.05, 3.63) is 29.3 Å². The molecule has 1 amide bonds. The lowest BCUT2D eigenvalue weighted by molar-refractivity contribution is -0.137. The lowest BCUT2D eigenvalue weighted by atomic mass is 9.99. The molecule has 2 N–H and O–H groups in total. The zero-order chi connectivity index (χ0) is 14.0. The van der Waals surface area contributed by atoms with Gasteiger partial charge in [0, 0.05) is 12.1 Å². The molecule has 2 rings (SSSR count). The molecular weight excluding hydrogens is 257 g/mol. The zero-order valence-electron chi connectivity index (χ0n) is 10.5. The van der Waals surface area contributed by atoms with E-state index in [4.69, 9.17) is 0 Å². The Morgan fingerprint density at radius 1 is 1.42 bits per heavy atom. The van der Waals surface area contributed by atoms with Crippen LogP contribution in [0.1, 0.15) is 17.5 Å². The summed E-state index contributed by atoms with van der Waals surface area (Å²) in [7, 11) is 0. The molecule has 0 radical (unpaired) electrons. The van der Waals surface area contributed by atoms with Gasteiger partial charge in [0.05, 0.1) is 5.56 Å². The summed E-state index contributed by atoms with van der Waals surface area (Å²) in [6.45, 7) is 3.24. The Bertz CT molecular complexity index is 481. The number of benzene rings is 1. The lowest BCUT2D eigenvalue weighted by Crippen LogP contribution is -2.43. The Labute approximate surface area is 109 Å². The van der Waals surface area contributed by atoms with Gasteiger partial charge in [-0.15, -0.1) is 0 Å². The van der Waals surface area contributed by atoms with Crippen LogP contribution in [0.4, 0.5) is 18.9 Å². The normalized spacial score (nSPS) is 16.0. The molecule has 1 aliphatic rings. The molecule has 104 valence electrons. The molecule has 1 heterocycles. The van der Waals surface area contributed by atoms with Crippen LogP contribution in [0, 0.1) is 12.8 Å². The summed E-state index contributed by atoms with van der Waals surface area (Å²) < 4.78 is 37.8. The molecule has 0 spiro atoms.